The van der Waals surface area contributed by atoms with Crippen molar-refractivity contribution >= 4 is 17.7 Å². The maximum atomic E-state index is 13.1. The zero-order chi connectivity index (χ0) is 24.3. The normalized spacial score (nSPS) is 27.0. The summed E-state index contributed by atoms with van der Waals surface area (Å²) in [5.41, 5.74) is 1.96. The van der Waals surface area contributed by atoms with E-state index in [-0.39, 0.29) is 17.1 Å². The molecule has 8 heteroatoms. The van der Waals surface area contributed by atoms with Crippen LogP contribution in [-0.4, -0.2) is 72.9 Å². The van der Waals surface area contributed by atoms with Gasteiger partial charge in [0.25, 0.3) is 0 Å². The van der Waals surface area contributed by atoms with Crippen molar-refractivity contribution in [3.8, 4) is 0 Å². The van der Waals surface area contributed by atoms with Crippen molar-refractivity contribution in [1.82, 2.24) is 20.2 Å². The molecule has 1 aromatic heterocycles. The van der Waals surface area contributed by atoms with Crippen LogP contribution in [0.4, 0.5) is 16.4 Å². The average Bonchev–Trinajstić information content (AvgIpc) is 3.24. The second-order valence-electron chi connectivity index (χ2n) is 10.3. The van der Waals surface area contributed by atoms with Gasteiger partial charge in [0.1, 0.15) is 0 Å². The molecule has 2 saturated heterocycles. The van der Waals surface area contributed by atoms with Crippen molar-refractivity contribution in [3.63, 3.8) is 0 Å². The van der Waals surface area contributed by atoms with Gasteiger partial charge in [0.2, 0.25) is 5.95 Å². The minimum atomic E-state index is -0.205. The Morgan fingerprint density at radius 3 is 2.40 bits per heavy atom. The first-order valence-corrected chi connectivity index (χ1v) is 13.1. The van der Waals surface area contributed by atoms with Crippen LogP contribution in [0.5, 0.6) is 0 Å². The Morgan fingerprint density at radius 1 is 1.06 bits per heavy atom. The van der Waals surface area contributed by atoms with E-state index in [1.165, 1.54) is 18.4 Å². The zero-order valence-electron chi connectivity index (χ0n) is 21.1. The second-order valence-corrected chi connectivity index (χ2v) is 10.3. The molecule has 2 aromatic rings. The quantitative estimate of drug-likeness (QED) is 0.653. The summed E-state index contributed by atoms with van der Waals surface area (Å²) in [6.07, 6.45) is 9.91. The van der Waals surface area contributed by atoms with Gasteiger partial charge < -0.3 is 15.0 Å². The Balaban J connectivity index is 1.30. The number of nitrogens with one attached hydrogen (secondary N) is 1. The molecule has 1 aromatic carbocycles. The highest BCUT2D eigenvalue weighted by molar-refractivity contribution is 5.95. The maximum Gasteiger partial charge on any atom is 0.322 e. The lowest BCUT2D eigenvalue weighted by atomic mass is 9.68. The summed E-state index contributed by atoms with van der Waals surface area (Å²) >= 11 is 0. The molecule has 5 rings (SSSR count). The monoisotopic (exact) mass is 478 g/mol. The van der Waals surface area contributed by atoms with Crippen LogP contribution in [0.1, 0.15) is 51.0 Å². The Bertz CT molecular complexity index is 984. The Hall–Kier alpha value is -2.71. The SMILES string of the molecule is CCCCN(C)[C@]1(c2ccccc2)CC[C@]2(CC1)CN(c1cnc(N3CCOCC3)nc1)C(=O)N2. The first kappa shape index (κ1) is 24.0. The van der Waals surface area contributed by atoms with E-state index in [0.717, 1.165) is 51.0 Å². The molecule has 0 bridgehead atoms. The van der Waals surface area contributed by atoms with E-state index in [9.17, 15) is 4.79 Å². The summed E-state index contributed by atoms with van der Waals surface area (Å²) in [6, 6.07) is 10.9. The van der Waals surface area contributed by atoms with E-state index < -0.39 is 0 Å². The summed E-state index contributed by atoms with van der Waals surface area (Å²) in [4.78, 5) is 28.7. The van der Waals surface area contributed by atoms with Crippen LogP contribution in [-0.2, 0) is 10.3 Å². The number of amides is 2. The van der Waals surface area contributed by atoms with E-state index in [2.05, 4.69) is 69.4 Å². The van der Waals surface area contributed by atoms with E-state index >= 15 is 0 Å². The molecule has 3 heterocycles. The molecule has 1 spiro atoms. The Labute approximate surface area is 208 Å². The number of hydrogen-bond donors (Lipinski definition) is 1. The van der Waals surface area contributed by atoms with Gasteiger partial charge >= 0.3 is 6.03 Å². The van der Waals surface area contributed by atoms with Crippen LogP contribution >= 0.6 is 0 Å². The van der Waals surface area contributed by atoms with E-state index in [1.807, 2.05) is 4.90 Å². The standard InChI is InChI=1S/C27H38N6O2/c1-3-4-14-31(2)27(22-8-6-5-7-9-22)12-10-26(11-13-27)21-33(25(34)30-26)23-19-28-24(29-20-23)32-15-17-35-18-16-32/h5-9,19-20H,3-4,10-18,21H2,1-2H3,(H,30,34)/t26-,27+. The molecule has 1 aliphatic carbocycles. The molecule has 3 fully saturated rings. The van der Waals surface area contributed by atoms with Gasteiger partial charge in [-0.25, -0.2) is 14.8 Å². The van der Waals surface area contributed by atoms with Gasteiger partial charge in [-0.3, -0.25) is 9.80 Å². The molecule has 35 heavy (non-hydrogen) atoms. The maximum absolute atomic E-state index is 13.1. The number of morpholine rings is 1. The number of anilines is 2. The summed E-state index contributed by atoms with van der Waals surface area (Å²) in [5.74, 6) is 0.701. The van der Waals surface area contributed by atoms with Crippen molar-refractivity contribution in [2.75, 3.05) is 56.2 Å². The lowest BCUT2D eigenvalue weighted by molar-refractivity contribution is 0.0444. The van der Waals surface area contributed by atoms with Crippen LogP contribution < -0.4 is 15.1 Å². The molecular formula is C27H38N6O2. The molecule has 1 saturated carbocycles. The topological polar surface area (TPSA) is 73.8 Å². The highest BCUT2D eigenvalue weighted by Gasteiger charge is 2.50. The van der Waals surface area contributed by atoms with Crippen LogP contribution in [0, 0.1) is 0 Å². The van der Waals surface area contributed by atoms with Gasteiger partial charge in [0, 0.05) is 18.6 Å². The van der Waals surface area contributed by atoms with Gasteiger partial charge in [-0.15, -0.1) is 0 Å². The fourth-order valence-electron chi connectivity index (χ4n) is 5.97. The number of urea groups is 1. The largest absolute Gasteiger partial charge is 0.378 e. The number of carbonyl (C=O) groups excluding carboxylic acids is 1. The van der Waals surface area contributed by atoms with E-state index in [4.69, 9.17) is 4.74 Å². The van der Waals surface area contributed by atoms with Crippen molar-refractivity contribution < 1.29 is 9.53 Å². The van der Waals surface area contributed by atoms with Crippen LogP contribution in [0.3, 0.4) is 0 Å². The lowest BCUT2D eigenvalue weighted by Crippen LogP contribution is -2.55. The van der Waals surface area contributed by atoms with E-state index in [0.29, 0.717) is 25.7 Å². The molecule has 0 unspecified atom stereocenters. The third kappa shape index (κ3) is 4.74. The number of nitrogens with zero attached hydrogens (tertiary/aromatic N) is 5. The molecule has 2 amide bonds. The number of benzene rings is 1. The molecule has 3 aliphatic rings. The van der Waals surface area contributed by atoms with Crippen molar-refractivity contribution in [1.29, 1.82) is 0 Å². The average molecular weight is 479 g/mol. The first-order valence-electron chi connectivity index (χ1n) is 13.1. The fourth-order valence-corrected chi connectivity index (χ4v) is 5.97. The summed E-state index contributed by atoms with van der Waals surface area (Å²) in [7, 11) is 2.27. The highest BCUT2D eigenvalue weighted by atomic mass is 16.5. The van der Waals surface area contributed by atoms with Gasteiger partial charge in [0.05, 0.1) is 43.4 Å². The van der Waals surface area contributed by atoms with Crippen LogP contribution in [0.15, 0.2) is 42.7 Å². The Kier molecular flexibility index (Phi) is 6.93. The number of hydrogen-bond acceptors (Lipinski definition) is 6. The Morgan fingerprint density at radius 2 is 1.74 bits per heavy atom. The second kappa shape index (κ2) is 10.1. The summed E-state index contributed by atoms with van der Waals surface area (Å²) in [6.45, 7) is 6.98. The van der Waals surface area contributed by atoms with E-state index in [1.54, 1.807) is 12.4 Å². The number of rotatable bonds is 7. The minimum absolute atomic E-state index is 0.0166. The predicted octanol–water partition coefficient (Wildman–Crippen LogP) is 3.78. The lowest BCUT2D eigenvalue weighted by Gasteiger charge is -2.50. The summed E-state index contributed by atoms with van der Waals surface area (Å²) < 4.78 is 5.42. The van der Waals surface area contributed by atoms with Crippen molar-refractivity contribution in [3.05, 3.63) is 48.3 Å². The number of carbonyl (C=O) groups is 1. The number of ether oxygens (including phenoxy) is 1. The smallest absolute Gasteiger partial charge is 0.322 e. The third-order valence-electron chi connectivity index (χ3n) is 8.23. The zero-order valence-corrected chi connectivity index (χ0v) is 21.1. The molecule has 8 nitrogen and oxygen atoms in total. The molecule has 0 radical (unpaired) electrons. The predicted molar refractivity (Wildman–Crippen MR) is 138 cm³/mol. The van der Waals surface area contributed by atoms with Crippen molar-refractivity contribution in [2.24, 2.45) is 0 Å². The molecule has 0 atom stereocenters. The molecule has 1 N–H and O–H groups in total. The number of unbranched alkanes of at least 4 members (excludes halogenated alkanes) is 1. The first-order chi connectivity index (χ1) is 17.1. The molecule has 2 aliphatic heterocycles. The fraction of sp³-hybridized carbons (Fsp3) is 0.593. The number of aromatic nitrogens is 2. The third-order valence-corrected chi connectivity index (χ3v) is 8.23. The highest BCUT2D eigenvalue weighted by Crippen LogP contribution is 2.46. The minimum Gasteiger partial charge on any atom is -0.378 e. The van der Waals surface area contributed by atoms with Gasteiger partial charge in [-0.05, 0) is 51.3 Å². The van der Waals surface area contributed by atoms with Gasteiger partial charge in [-0.2, -0.15) is 0 Å². The van der Waals surface area contributed by atoms with Crippen LogP contribution in [0.25, 0.3) is 0 Å². The summed E-state index contributed by atoms with van der Waals surface area (Å²) in [5, 5.41) is 3.35. The van der Waals surface area contributed by atoms with Crippen molar-refractivity contribution in [2.45, 2.75) is 56.5 Å². The van der Waals surface area contributed by atoms with Gasteiger partial charge in [-0.1, -0.05) is 43.7 Å². The van der Waals surface area contributed by atoms with Crippen LogP contribution in [0.2, 0.25) is 0 Å². The molecule has 188 valence electrons. The van der Waals surface area contributed by atoms with Gasteiger partial charge in [0.15, 0.2) is 0 Å². The molecular weight excluding hydrogens is 440 g/mol.